The Morgan fingerprint density at radius 3 is 2.58 bits per heavy atom. The molecule has 4 atom stereocenters. The van der Waals surface area contributed by atoms with Crippen LogP contribution in [0.3, 0.4) is 0 Å². The van der Waals surface area contributed by atoms with Gasteiger partial charge in [0.15, 0.2) is 0 Å². The molecule has 1 saturated carbocycles. The molecule has 0 aromatic heterocycles. The number of nitrogens with one attached hydrogen (secondary N) is 2. The van der Waals surface area contributed by atoms with Crippen molar-refractivity contribution < 1.29 is 24.2 Å². The zero-order chi connectivity index (χ0) is 27.0. The molecular weight excluding hydrogens is 496 g/mol. The number of carbonyl (C=O) groups excluding carboxylic acids is 3. The second kappa shape index (κ2) is 10.2. The largest absolute Gasteiger partial charge is 0.508 e. The lowest BCUT2D eigenvalue weighted by molar-refractivity contribution is -0.152. The lowest BCUT2D eigenvalue weighted by atomic mass is 9.58. The summed E-state index contributed by atoms with van der Waals surface area (Å²) in [4.78, 5) is 39.8. The molecule has 198 valence electrons. The van der Waals surface area contributed by atoms with Crippen LogP contribution in [-0.4, -0.2) is 43.6 Å². The van der Waals surface area contributed by atoms with Crippen molar-refractivity contribution in [2.24, 2.45) is 5.92 Å². The third-order valence-electron chi connectivity index (χ3n) is 7.74. The Balaban J connectivity index is 1.38. The van der Waals surface area contributed by atoms with Gasteiger partial charge in [-0.05, 0) is 45.6 Å². The predicted octanol–water partition coefficient (Wildman–Crippen LogP) is 5.06. The number of phenols is 1. The summed E-state index contributed by atoms with van der Waals surface area (Å²) < 4.78 is 5.74. The Morgan fingerprint density at radius 2 is 1.79 bits per heavy atom. The van der Waals surface area contributed by atoms with Crippen LogP contribution in [0, 0.1) is 5.92 Å². The lowest BCUT2D eigenvalue weighted by Gasteiger charge is -2.47. The van der Waals surface area contributed by atoms with E-state index < -0.39 is 37.9 Å². The van der Waals surface area contributed by atoms with Crippen LogP contribution in [-0.2, 0) is 20.9 Å². The van der Waals surface area contributed by atoms with E-state index in [0.717, 1.165) is 27.9 Å². The van der Waals surface area contributed by atoms with Crippen LogP contribution in [0.5, 0.6) is 5.75 Å². The Kier molecular flexibility index (Phi) is 7.01. The average Bonchev–Trinajstić information content (AvgIpc) is 2.86. The van der Waals surface area contributed by atoms with Crippen molar-refractivity contribution in [1.29, 1.82) is 0 Å². The van der Waals surface area contributed by atoms with E-state index in [1.807, 2.05) is 42.5 Å². The Hall–Kier alpha value is -3.65. The van der Waals surface area contributed by atoms with Gasteiger partial charge in [-0.1, -0.05) is 68.2 Å². The van der Waals surface area contributed by atoms with Gasteiger partial charge in [0.05, 0.1) is 24.5 Å². The fourth-order valence-electron chi connectivity index (χ4n) is 5.83. The predicted molar refractivity (Wildman–Crippen MR) is 149 cm³/mol. The minimum Gasteiger partial charge on any atom is -0.508 e. The molecule has 2 bridgehead atoms. The number of carbonyl (C=O) groups is 3. The highest BCUT2D eigenvalue weighted by molar-refractivity contribution is 6.76. The monoisotopic (exact) mass is 530 g/mol. The third-order valence-corrected chi connectivity index (χ3v) is 9.44. The molecule has 0 spiro atoms. The van der Waals surface area contributed by atoms with Gasteiger partial charge in [0.25, 0.3) is 0 Å². The fraction of sp³-hybridized carbons (Fsp3) is 0.367. The molecule has 1 fully saturated rings. The highest BCUT2D eigenvalue weighted by atomic mass is 28.3. The Labute approximate surface area is 223 Å². The quantitative estimate of drug-likeness (QED) is 0.292. The molecule has 0 heterocycles. The number of fused-ring (bicyclic) bond motifs is 3. The number of hydrogen-bond acceptors (Lipinski definition) is 5. The molecule has 3 aromatic carbocycles. The van der Waals surface area contributed by atoms with Gasteiger partial charge in [-0.2, -0.15) is 0 Å². The van der Waals surface area contributed by atoms with Crippen molar-refractivity contribution in [3.8, 4) is 5.75 Å². The number of hydrogen-bond donors (Lipinski definition) is 3. The van der Waals surface area contributed by atoms with E-state index in [2.05, 4.69) is 30.3 Å². The van der Waals surface area contributed by atoms with Crippen LogP contribution >= 0.6 is 0 Å². The van der Waals surface area contributed by atoms with Gasteiger partial charge in [-0.3, -0.25) is 9.59 Å². The molecule has 6 rings (SSSR count). The van der Waals surface area contributed by atoms with Gasteiger partial charge in [0, 0.05) is 27.0 Å². The van der Waals surface area contributed by atoms with E-state index in [1.54, 1.807) is 18.2 Å². The molecule has 0 saturated heterocycles. The molecule has 2 amide bonds. The van der Waals surface area contributed by atoms with Crippen molar-refractivity contribution in [3.63, 3.8) is 0 Å². The topological polar surface area (TPSA) is 105 Å². The van der Waals surface area contributed by atoms with E-state index in [-0.39, 0.29) is 23.9 Å². The van der Waals surface area contributed by atoms with E-state index in [4.69, 9.17) is 4.74 Å². The molecule has 3 N–H and O–H groups in total. The van der Waals surface area contributed by atoms with Crippen molar-refractivity contribution in [1.82, 2.24) is 10.6 Å². The molecular formula is C30H34N2O5Si. The zero-order valence-corrected chi connectivity index (χ0v) is 23.0. The second-order valence-corrected chi connectivity index (χ2v) is 17.2. The summed E-state index contributed by atoms with van der Waals surface area (Å²) in [5.74, 6) is -2.19. The number of benzene rings is 3. The molecule has 3 aliphatic carbocycles. The number of ether oxygens (including phenoxy) is 1. The molecule has 3 aliphatic rings. The maximum atomic E-state index is 13.4. The first-order valence-corrected chi connectivity index (χ1v) is 16.9. The lowest BCUT2D eigenvalue weighted by Crippen LogP contribution is -2.59. The van der Waals surface area contributed by atoms with Crippen LogP contribution in [0.4, 0.5) is 4.79 Å². The summed E-state index contributed by atoms with van der Waals surface area (Å²) in [5.41, 5.74) is 2.52. The standard InChI is InChI=1S/C30H34N2O5Si/c1-38(2,3)14-13-37-29(35)27-24-16-25(34)26(23-15-20(33)11-12-22(23)24)28(27)32-30(36)31-17-19-9-6-8-18-7-4-5-10-21(18)19/h4-12,15,24,26-28,33H,13-14,16-17H2,1-3H3,(H2,31,32,36)/t24?,26-,27?,28-/m1/s1. The molecule has 0 radical (unpaired) electrons. The van der Waals surface area contributed by atoms with E-state index in [0.29, 0.717) is 18.7 Å². The van der Waals surface area contributed by atoms with Crippen LogP contribution < -0.4 is 10.6 Å². The zero-order valence-electron chi connectivity index (χ0n) is 22.0. The van der Waals surface area contributed by atoms with Crippen molar-refractivity contribution in [3.05, 3.63) is 77.4 Å². The van der Waals surface area contributed by atoms with Gasteiger partial charge in [-0.25, -0.2) is 4.79 Å². The van der Waals surface area contributed by atoms with Crippen LogP contribution in [0.2, 0.25) is 25.7 Å². The second-order valence-electron chi connectivity index (χ2n) is 11.6. The van der Waals surface area contributed by atoms with Crippen LogP contribution in [0.15, 0.2) is 60.7 Å². The van der Waals surface area contributed by atoms with E-state index in [1.165, 1.54) is 0 Å². The van der Waals surface area contributed by atoms with Crippen LogP contribution in [0.1, 0.15) is 34.9 Å². The number of phenolic OH excluding ortho intramolecular Hbond substituents is 1. The first-order valence-electron chi connectivity index (χ1n) is 13.2. The van der Waals surface area contributed by atoms with Crippen molar-refractivity contribution in [2.75, 3.05) is 6.61 Å². The number of Topliss-reactive ketones (excluding diaryl/α,β-unsaturated/α-hetero) is 1. The SMILES string of the molecule is C[Si](C)(C)CCOC(=O)C1C2CC(=O)[C@@H](c3cc(O)ccc32)[C@H]1NC(=O)NCc1cccc2ccccc12. The van der Waals surface area contributed by atoms with Gasteiger partial charge in [0.2, 0.25) is 0 Å². The highest BCUT2D eigenvalue weighted by Gasteiger charge is 2.55. The fourth-order valence-corrected chi connectivity index (χ4v) is 6.55. The summed E-state index contributed by atoms with van der Waals surface area (Å²) in [5, 5.41) is 18.1. The first-order chi connectivity index (χ1) is 18.1. The molecule has 7 nitrogen and oxygen atoms in total. The van der Waals surface area contributed by atoms with Gasteiger partial charge >= 0.3 is 12.0 Å². The molecule has 38 heavy (non-hydrogen) atoms. The summed E-state index contributed by atoms with van der Waals surface area (Å²) in [6.45, 7) is 7.28. The van der Waals surface area contributed by atoms with Gasteiger partial charge < -0.3 is 20.5 Å². The molecule has 2 unspecified atom stereocenters. The van der Waals surface area contributed by atoms with Crippen molar-refractivity contribution >= 4 is 36.6 Å². The average molecular weight is 531 g/mol. The molecule has 8 heteroatoms. The molecule has 0 aliphatic heterocycles. The first kappa shape index (κ1) is 26.0. The summed E-state index contributed by atoms with van der Waals surface area (Å²) >= 11 is 0. The van der Waals surface area contributed by atoms with Crippen LogP contribution in [0.25, 0.3) is 10.8 Å². The number of amides is 2. The van der Waals surface area contributed by atoms with Gasteiger partial charge in [-0.15, -0.1) is 0 Å². The maximum absolute atomic E-state index is 13.4. The number of urea groups is 1. The van der Waals surface area contributed by atoms with Crippen molar-refractivity contribution in [2.45, 2.75) is 56.5 Å². The number of aromatic hydroxyl groups is 1. The summed E-state index contributed by atoms with van der Waals surface area (Å²) in [6.07, 6.45) is 0.214. The molecule has 3 aromatic rings. The summed E-state index contributed by atoms with van der Waals surface area (Å²) in [7, 11) is -1.41. The third kappa shape index (κ3) is 5.18. The number of rotatable bonds is 7. The minimum absolute atomic E-state index is 0.0430. The Bertz CT molecular complexity index is 1390. The highest BCUT2D eigenvalue weighted by Crippen LogP contribution is 2.52. The van der Waals surface area contributed by atoms with E-state index >= 15 is 0 Å². The number of esters is 1. The number of ketones is 1. The smallest absolute Gasteiger partial charge is 0.315 e. The summed E-state index contributed by atoms with van der Waals surface area (Å²) in [6, 6.07) is 18.5. The maximum Gasteiger partial charge on any atom is 0.315 e. The van der Waals surface area contributed by atoms with E-state index in [9.17, 15) is 19.5 Å². The van der Waals surface area contributed by atoms with Gasteiger partial charge in [0.1, 0.15) is 11.5 Å². The Morgan fingerprint density at radius 1 is 1.03 bits per heavy atom. The normalized spacial score (nSPS) is 22.1. The minimum atomic E-state index is -1.41.